The zero-order chi connectivity index (χ0) is 14.8. The van der Waals surface area contributed by atoms with Gasteiger partial charge < -0.3 is 11.1 Å². The highest BCUT2D eigenvalue weighted by Crippen LogP contribution is 2.23. The highest BCUT2D eigenvalue weighted by Gasteiger charge is 2.19. The van der Waals surface area contributed by atoms with Crippen LogP contribution < -0.4 is 11.1 Å². The van der Waals surface area contributed by atoms with E-state index in [1.54, 1.807) is 16.7 Å². The van der Waals surface area contributed by atoms with Gasteiger partial charge in [-0.15, -0.1) is 11.3 Å². The smallest absolute Gasteiger partial charge is 0.249 e. The number of nitrogens with two attached hydrogens (primary N) is 1. The lowest BCUT2D eigenvalue weighted by molar-refractivity contribution is 0.100. The van der Waals surface area contributed by atoms with Gasteiger partial charge in [-0.05, 0) is 37.6 Å². The number of hydrogen-bond acceptors (Lipinski definition) is 3. The van der Waals surface area contributed by atoms with E-state index in [-0.39, 0.29) is 11.4 Å². The minimum absolute atomic E-state index is 0.141. The number of amides is 1. The lowest BCUT2D eigenvalue weighted by Gasteiger charge is -2.27. The van der Waals surface area contributed by atoms with Gasteiger partial charge in [0.05, 0.1) is 5.56 Å². The molecule has 1 aromatic carbocycles. The summed E-state index contributed by atoms with van der Waals surface area (Å²) in [7, 11) is 0. The molecule has 5 heteroatoms. The number of carbonyl (C=O) groups excluding carboxylic acids is 1. The predicted molar refractivity (Wildman–Crippen MR) is 86.8 cm³/mol. The third kappa shape index (κ3) is 3.69. The van der Waals surface area contributed by atoms with E-state index >= 15 is 0 Å². The fourth-order valence-corrected chi connectivity index (χ4v) is 2.96. The fraction of sp³-hybridized carbons (Fsp3) is 0.267. The second kappa shape index (κ2) is 6.08. The van der Waals surface area contributed by atoms with Crippen molar-refractivity contribution < 1.29 is 4.79 Å². The van der Waals surface area contributed by atoms with Gasteiger partial charge in [0, 0.05) is 26.8 Å². The zero-order valence-electron chi connectivity index (χ0n) is 11.4. The Morgan fingerprint density at radius 3 is 2.55 bits per heavy atom. The van der Waals surface area contributed by atoms with Crippen LogP contribution >= 0.6 is 27.3 Å². The molecule has 0 saturated heterocycles. The normalized spacial score (nSPS) is 11.6. The van der Waals surface area contributed by atoms with Crippen molar-refractivity contribution in [1.82, 2.24) is 5.32 Å². The maximum Gasteiger partial charge on any atom is 0.249 e. The van der Waals surface area contributed by atoms with E-state index in [4.69, 9.17) is 5.73 Å². The van der Waals surface area contributed by atoms with Gasteiger partial charge in [-0.1, -0.05) is 28.1 Å². The SMILES string of the molecule is CC(C)(NCc1cc(C(N)=O)cs1)c1ccc(Br)cc1. The van der Waals surface area contributed by atoms with Crippen LogP contribution in [0.15, 0.2) is 40.2 Å². The molecule has 0 bridgehead atoms. The fourth-order valence-electron chi connectivity index (χ4n) is 1.88. The lowest BCUT2D eigenvalue weighted by atomic mass is 9.94. The zero-order valence-corrected chi connectivity index (χ0v) is 13.8. The van der Waals surface area contributed by atoms with Gasteiger partial charge in [0.2, 0.25) is 5.91 Å². The van der Waals surface area contributed by atoms with Crippen LogP contribution in [0.25, 0.3) is 0 Å². The number of nitrogens with one attached hydrogen (secondary N) is 1. The summed E-state index contributed by atoms with van der Waals surface area (Å²) in [5.41, 5.74) is 6.91. The summed E-state index contributed by atoms with van der Waals surface area (Å²) in [6.45, 7) is 4.98. The Kier molecular flexibility index (Phi) is 4.62. The van der Waals surface area contributed by atoms with E-state index in [2.05, 4.69) is 47.2 Å². The number of carbonyl (C=O) groups is 1. The highest BCUT2D eigenvalue weighted by molar-refractivity contribution is 9.10. The number of thiophene rings is 1. The summed E-state index contributed by atoms with van der Waals surface area (Å²) < 4.78 is 1.07. The van der Waals surface area contributed by atoms with Gasteiger partial charge in [0.25, 0.3) is 0 Å². The van der Waals surface area contributed by atoms with Gasteiger partial charge in [-0.2, -0.15) is 0 Å². The van der Waals surface area contributed by atoms with Crippen LogP contribution in [0, 0.1) is 0 Å². The molecule has 0 unspecified atom stereocenters. The maximum absolute atomic E-state index is 11.1. The highest BCUT2D eigenvalue weighted by atomic mass is 79.9. The lowest BCUT2D eigenvalue weighted by Crippen LogP contribution is -2.35. The Labute approximate surface area is 131 Å². The molecule has 2 aromatic rings. The number of rotatable bonds is 5. The van der Waals surface area contributed by atoms with E-state index < -0.39 is 0 Å². The largest absolute Gasteiger partial charge is 0.366 e. The number of hydrogen-bond donors (Lipinski definition) is 2. The third-order valence-electron chi connectivity index (χ3n) is 3.21. The van der Waals surface area contributed by atoms with Crippen LogP contribution in [0.5, 0.6) is 0 Å². The first-order valence-corrected chi connectivity index (χ1v) is 7.94. The Bertz CT molecular complexity index is 605. The Morgan fingerprint density at radius 1 is 1.35 bits per heavy atom. The van der Waals surface area contributed by atoms with E-state index in [9.17, 15) is 4.79 Å². The van der Waals surface area contributed by atoms with E-state index in [0.717, 1.165) is 9.35 Å². The molecule has 0 fully saturated rings. The van der Waals surface area contributed by atoms with Crippen molar-refractivity contribution >= 4 is 33.2 Å². The Balaban J connectivity index is 2.04. The average molecular weight is 353 g/mol. The summed E-state index contributed by atoms with van der Waals surface area (Å²) in [6, 6.07) is 10.1. The minimum Gasteiger partial charge on any atom is -0.366 e. The summed E-state index contributed by atoms with van der Waals surface area (Å²) in [5, 5.41) is 5.30. The van der Waals surface area contributed by atoms with Gasteiger partial charge in [-0.3, -0.25) is 4.79 Å². The van der Waals surface area contributed by atoms with Crippen LogP contribution in [-0.2, 0) is 12.1 Å². The molecule has 3 nitrogen and oxygen atoms in total. The molecule has 0 radical (unpaired) electrons. The quantitative estimate of drug-likeness (QED) is 0.862. The average Bonchev–Trinajstić information content (AvgIpc) is 2.86. The van der Waals surface area contributed by atoms with Crippen LogP contribution in [0.2, 0.25) is 0 Å². The van der Waals surface area contributed by atoms with E-state index in [1.807, 2.05) is 18.2 Å². The molecule has 20 heavy (non-hydrogen) atoms. The molecule has 0 aliphatic rings. The molecule has 1 amide bonds. The van der Waals surface area contributed by atoms with Crippen molar-refractivity contribution in [3.63, 3.8) is 0 Å². The van der Waals surface area contributed by atoms with Crippen molar-refractivity contribution in [1.29, 1.82) is 0 Å². The van der Waals surface area contributed by atoms with E-state index in [1.165, 1.54) is 5.56 Å². The van der Waals surface area contributed by atoms with Crippen molar-refractivity contribution in [2.75, 3.05) is 0 Å². The first-order chi connectivity index (χ1) is 9.38. The molecular weight excluding hydrogens is 336 g/mol. The van der Waals surface area contributed by atoms with Crippen LogP contribution in [0.4, 0.5) is 0 Å². The molecule has 0 atom stereocenters. The van der Waals surface area contributed by atoms with Gasteiger partial charge >= 0.3 is 0 Å². The first-order valence-electron chi connectivity index (χ1n) is 6.27. The number of primary amides is 1. The molecule has 2 rings (SSSR count). The van der Waals surface area contributed by atoms with E-state index in [0.29, 0.717) is 12.1 Å². The molecule has 0 saturated carbocycles. The summed E-state index contributed by atoms with van der Waals surface area (Å²) in [5.74, 6) is -0.375. The summed E-state index contributed by atoms with van der Waals surface area (Å²) in [6.07, 6.45) is 0. The van der Waals surface area contributed by atoms with Gasteiger partial charge in [0.15, 0.2) is 0 Å². The van der Waals surface area contributed by atoms with Crippen LogP contribution in [-0.4, -0.2) is 5.91 Å². The number of halogens is 1. The van der Waals surface area contributed by atoms with Crippen molar-refractivity contribution in [3.8, 4) is 0 Å². The predicted octanol–water partition coefficient (Wildman–Crippen LogP) is 3.63. The molecule has 106 valence electrons. The van der Waals surface area contributed by atoms with Crippen molar-refractivity contribution in [3.05, 3.63) is 56.2 Å². The number of benzene rings is 1. The van der Waals surface area contributed by atoms with Gasteiger partial charge in [-0.25, -0.2) is 0 Å². The first kappa shape index (κ1) is 15.2. The standard InChI is InChI=1S/C15H17BrN2OS/c1-15(2,11-3-5-12(16)6-4-11)18-8-13-7-10(9-20-13)14(17)19/h3-7,9,18H,8H2,1-2H3,(H2,17,19). The van der Waals surface area contributed by atoms with Crippen molar-refractivity contribution in [2.24, 2.45) is 5.73 Å². The third-order valence-corrected chi connectivity index (χ3v) is 4.67. The maximum atomic E-state index is 11.1. The molecule has 3 N–H and O–H groups in total. The minimum atomic E-state index is -0.375. The summed E-state index contributed by atoms with van der Waals surface area (Å²) >= 11 is 4.99. The van der Waals surface area contributed by atoms with Crippen molar-refractivity contribution in [2.45, 2.75) is 25.9 Å². The monoisotopic (exact) mass is 352 g/mol. The summed E-state index contributed by atoms with van der Waals surface area (Å²) in [4.78, 5) is 12.2. The molecule has 0 spiro atoms. The molecule has 1 aromatic heterocycles. The Hall–Kier alpha value is -1.17. The molecule has 0 aliphatic carbocycles. The van der Waals surface area contributed by atoms with Crippen LogP contribution in [0.1, 0.15) is 34.6 Å². The second-order valence-corrected chi connectivity index (χ2v) is 7.06. The van der Waals surface area contributed by atoms with Gasteiger partial charge in [0.1, 0.15) is 0 Å². The van der Waals surface area contributed by atoms with Crippen LogP contribution in [0.3, 0.4) is 0 Å². The molecule has 1 heterocycles. The topological polar surface area (TPSA) is 55.1 Å². The second-order valence-electron chi connectivity index (χ2n) is 5.15. The molecule has 0 aliphatic heterocycles. The molecular formula is C15H17BrN2OS. The Morgan fingerprint density at radius 2 is 2.00 bits per heavy atom.